The highest BCUT2D eigenvalue weighted by molar-refractivity contribution is 14.1. The van der Waals surface area contributed by atoms with Gasteiger partial charge in [-0.15, -0.1) is 12.4 Å². The molecule has 0 aliphatic carbocycles. The molecule has 0 saturated heterocycles. The number of ether oxygens (including phenoxy) is 1. The average molecular weight is 546 g/mol. The van der Waals surface area contributed by atoms with Crippen molar-refractivity contribution in [3.63, 3.8) is 0 Å². The van der Waals surface area contributed by atoms with Gasteiger partial charge in [0, 0.05) is 16.7 Å². The number of hydrogen-bond acceptors (Lipinski definition) is 5. The van der Waals surface area contributed by atoms with Gasteiger partial charge in [-0.1, -0.05) is 43.4 Å². The van der Waals surface area contributed by atoms with Crippen LogP contribution < -0.4 is 9.64 Å². The van der Waals surface area contributed by atoms with Gasteiger partial charge < -0.3 is 9.64 Å². The van der Waals surface area contributed by atoms with Crippen LogP contribution in [-0.4, -0.2) is 49.1 Å². The summed E-state index contributed by atoms with van der Waals surface area (Å²) in [6, 6.07) is 13.5. The first-order valence-electron chi connectivity index (χ1n) is 9.31. The number of aromatic nitrogens is 1. The lowest BCUT2D eigenvalue weighted by atomic mass is 10.2. The van der Waals surface area contributed by atoms with Crippen LogP contribution in [-0.2, 0) is 0 Å². The molecular weight excluding hydrogens is 521 g/mol. The van der Waals surface area contributed by atoms with E-state index in [4.69, 9.17) is 9.72 Å². The zero-order chi connectivity index (χ0) is 20.1. The zero-order valence-electron chi connectivity index (χ0n) is 16.7. The van der Waals surface area contributed by atoms with Gasteiger partial charge in [0.2, 0.25) is 0 Å². The monoisotopic (exact) mass is 545 g/mol. The van der Waals surface area contributed by atoms with E-state index in [1.807, 2.05) is 42.5 Å². The molecule has 2 aromatic carbocycles. The molecule has 0 unspecified atom stereocenters. The quantitative estimate of drug-likeness (QED) is 0.360. The average Bonchev–Trinajstić information content (AvgIpc) is 3.15. The van der Waals surface area contributed by atoms with Crippen molar-refractivity contribution in [1.29, 1.82) is 0 Å². The third-order valence-corrected chi connectivity index (χ3v) is 6.69. The maximum Gasteiger partial charge on any atom is 0.261 e. The van der Waals surface area contributed by atoms with Crippen LogP contribution in [0, 0.1) is 3.57 Å². The molecule has 0 fully saturated rings. The van der Waals surface area contributed by atoms with E-state index >= 15 is 0 Å². The molecule has 1 heterocycles. The maximum atomic E-state index is 13.4. The molecule has 0 spiro atoms. The van der Waals surface area contributed by atoms with Crippen molar-refractivity contribution in [1.82, 2.24) is 9.88 Å². The Bertz CT molecular complexity index is 962. The Morgan fingerprint density at radius 2 is 1.83 bits per heavy atom. The topological polar surface area (TPSA) is 45.7 Å². The summed E-state index contributed by atoms with van der Waals surface area (Å²) in [4.78, 5) is 22.3. The van der Waals surface area contributed by atoms with E-state index in [1.54, 1.807) is 12.0 Å². The number of rotatable bonds is 8. The van der Waals surface area contributed by atoms with Crippen molar-refractivity contribution in [2.24, 2.45) is 0 Å². The number of nitrogens with zero attached hydrogens (tertiary/aromatic N) is 3. The van der Waals surface area contributed by atoms with Crippen molar-refractivity contribution < 1.29 is 9.53 Å². The number of para-hydroxylation sites is 1. The van der Waals surface area contributed by atoms with Gasteiger partial charge in [0.1, 0.15) is 11.3 Å². The Hall–Kier alpha value is -1.42. The Kier molecular flexibility index (Phi) is 9.13. The molecule has 0 aliphatic heterocycles. The normalized spacial score (nSPS) is 10.8. The smallest absolute Gasteiger partial charge is 0.261 e. The third kappa shape index (κ3) is 5.39. The number of methoxy groups -OCH3 is 1. The molecule has 8 heteroatoms. The molecule has 0 bridgehead atoms. The van der Waals surface area contributed by atoms with Crippen LogP contribution in [0.4, 0.5) is 5.13 Å². The number of likely N-dealkylation sites (N-methyl/N-ethyl adjacent to an activating group) is 1. The lowest BCUT2D eigenvalue weighted by Crippen LogP contribution is -2.39. The van der Waals surface area contributed by atoms with Crippen LogP contribution in [0.5, 0.6) is 5.75 Å². The fraction of sp³-hybridized carbons (Fsp3) is 0.333. The Balaban J connectivity index is 0.00000300. The summed E-state index contributed by atoms with van der Waals surface area (Å²) in [5.74, 6) is 0.709. The minimum absolute atomic E-state index is 0. The summed E-state index contributed by atoms with van der Waals surface area (Å²) in [5, 5.41) is 0.705. The Morgan fingerprint density at radius 3 is 2.48 bits per heavy atom. The van der Waals surface area contributed by atoms with E-state index < -0.39 is 0 Å². The lowest BCUT2D eigenvalue weighted by Gasteiger charge is -2.25. The van der Waals surface area contributed by atoms with E-state index in [2.05, 4.69) is 41.3 Å². The number of amides is 1. The van der Waals surface area contributed by atoms with Crippen molar-refractivity contribution in [3.8, 4) is 5.75 Å². The van der Waals surface area contributed by atoms with Crippen LogP contribution in [0.2, 0.25) is 0 Å². The molecular formula is C21H25ClIN3O2S. The summed E-state index contributed by atoms with van der Waals surface area (Å²) >= 11 is 3.74. The lowest BCUT2D eigenvalue weighted by molar-refractivity contribution is 0.0983. The Morgan fingerprint density at radius 1 is 1.10 bits per heavy atom. The van der Waals surface area contributed by atoms with Gasteiger partial charge in [0.25, 0.3) is 5.91 Å². The minimum Gasteiger partial charge on any atom is -0.494 e. The highest BCUT2D eigenvalue weighted by Crippen LogP contribution is 2.34. The van der Waals surface area contributed by atoms with Crippen molar-refractivity contribution in [2.45, 2.75) is 13.8 Å². The second-order valence-electron chi connectivity index (χ2n) is 6.27. The second kappa shape index (κ2) is 11.1. The van der Waals surface area contributed by atoms with Gasteiger partial charge in [-0.25, -0.2) is 4.98 Å². The van der Waals surface area contributed by atoms with Gasteiger partial charge in [-0.2, -0.15) is 0 Å². The molecule has 0 saturated carbocycles. The van der Waals surface area contributed by atoms with Gasteiger partial charge >= 0.3 is 0 Å². The molecule has 3 rings (SSSR count). The van der Waals surface area contributed by atoms with Crippen LogP contribution in [0.25, 0.3) is 10.2 Å². The number of hydrogen-bond donors (Lipinski definition) is 0. The van der Waals surface area contributed by atoms with Gasteiger partial charge in [0.15, 0.2) is 5.13 Å². The summed E-state index contributed by atoms with van der Waals surface area (Å²) in [6.07, 6.45) is 0. The molecule has 5 nitrogen and oxygen atoms in total. The molecule has 0 N–H and O–H groups in total. The van der Waals surface area contributed by atoms with E-state index in [9.17, 15) is 4.79 Å². The number of thiazole rings is 1. The highest BCUT2D eigenvalue weighted by Gasteiger charge is 2.24. The predicted molar refractivity (Wildman–Crippen MR) is 132 cm³/mol. The van der Waals surface area contributed by atoms with E-state index in [0.717, 1.165) is 39.2 Å². The van der Waals surface area contributed by atoms with Gasteiger partial charge in [-0.05, 0) is 59.9 Å². The fourth-order valence-corrected chi connectivity index (χ4v) is 4.66. The first-order chi connectivity index (χ1) is 13.6. The zero-order valence-corrected chi connectivity index (χ0v) is 20.5. The summed E-state index contributed by atoms with van der Waals surface area (Å²) in [7, 11) is 1.64. The molecule has 0 aliphatic rings. The summed E-state index contributed by atoms with van der Waals surface area (Å²) in [6.45, 7) is 7.57. The van der Waals surface area contributed by atoms with E-state index in [0.29, 0.717) is 17.2 Å². The Labute approximate surface area is 195 Å². The fourth-order valence-electron chi connectivity index (χ4n) is 3.04. The molecule has 156 valence electrons. The predicted octanol–water partition coefficient (Wildman–Crippen LogP) is 5.32. The molecule has 3 aromatic rings. The van der Waals surface area contributed by atoms with Crippen LogP contribution in [0.3, 0.4) is 0 Å². The van der Waals surface area contributed by atoms with Crippen molar-refractivity contribution in [3.05, 3.63) is 51.6 Å². The molecule has 29 heavy (non-hydrogen) atoms. The number of carbonyl (C=O) groups is 1. The summed E-state index contributed by atoms with van der Waals surface area (Å²) < 4.78 is 7.40. The van der Waals surface area contributed by atoms with Crippen LogP contribution in [0.1, 0.15) is 24.2 Å². The van der Waals surface area contributed by atoms with Gasteiger partial charge in [-0.3, -0.25) is 9.69 Å². The largest absolute Gasteiger partial charge is 0.494 e. The van der Waals surface area contributed by atoms with Crippen LogP contribution >= 0.6 is 46.3 Å². The number of carbonyl (C=O) groups excluding carboxylic acids is 1. The van der Waals surface area contributed by atoms with Crippen molar-refractivity contribution in [2.75, 3.05) is 38.2 Å². The number of halogens is 2. The number of anilines is 1. The summed E-state index contributed by atoms with van der Waals surface area (Å²) in [5.41, 5.74) is 1.50. The van der Waals surface area contributed by atoms with E-state index in [-0.39, 0.29) is 18.3 Å². The van der Waals surface area contributed by atoms with Crippen molar-refractivity contribution >= 4 is 67.6 Å². The molecule has 0 radical (unpaired) electrons. The molecule has 1 aromatic heterocycles. The van der Waals surface area contributed by atoms with Gasteiger partial charge in [0.05, 0.1) is 17.4 Å². The van der Waals surface area contributed by atoms with E-state index in [1.165, 1.54) is 11.3 Å². The second-order valence-corrected chi connectivity index (χ2v) is 8.44. The minimum atomic E-state index is -0.0184. The molecule has 0 atom stereocenters. The van der Waals surface area contributed by atoms with Crippen LogP contribution in [0.15, 0.2) is 42.5 Å². The SMILES string of the molecule is CCN(CC)CCN(C(=O)c1ccccc1I)c1nc2c(OC)cccc2s1.Cl. The standard InChI is InChI=1S/C21H24IN3O2S.ClH/c1-4-24(5-2)13-14-25(20(26)15-9-6-7-10-16(15)22)21-23-19-17(27-3)11-8-12-18(19)28-21;/h6-12H,4-5,13-14H2,1-3H3;1H. The third-order valence-electron chi connectivity index (χ3n) is 4.71. The highest BCUT2D eigenvalue weighted by atomic mass is 127. The first-order valence-corrected chi connectivity index (χ1v) is 11.2. The first kappa shape index (κ1) is 23.9. The number of fused-ring (bicyclic) bond motifs is 1. The molecule has 1 amide bonds. The number of benzene rings is 2. The maximum absolute atomic E-state index is 13.4.